The highest BCUT2D eigenvalue weighted by Crippen LogP contribution is 2.43. The van der Waals surface area contributed by atoms with Crippen LogP contribution in [-0.4, -0.2) is 73.4 Å². The van der Waals surface area contributed by atoms with Gasteiger partial charge in [0.05, 0.1) is 39.9 Å². The molecule has 3 N–H and O–H groups in total. The molecule has 0 aromatic rings. The van der Waals surface area contributed by atoms with E-state index in [0.717, 1.165) is 70.6 Å². The SMILES string of the molecule is CC/C=C\C/C=C\C/C=C\C/C=C\C/C=C\CCCCCCCCCCCCCCCCCCCCCCCCCC(=O)NC(COP(=O)(O)OCC[N+](C)(C)C)C(O)/C=C/CC/C=C/CCCCCCCCCCCCCCCCCCCCC. The second-order valence-electron chi connectivity index (χ2n) is 26.3. The minimum atomic E-state index is -4.36. The highest BCUT2D eigenvalue weighted by Gasteiger charge is 2.28. The standard InChI is InChI=1S/C77H143N2O6P/c1-6-8-10-12-14-16-18-20-22-24-26-28-30-32-33-34-35-36-37-38-39-40-41-42-43-44-45-47-49-51-53-55-57-59-61-63-65-67-69-71-77(81)78-75(74-85-86(82,83)84-73-72-79(3,4)5)76(80)70-68-66-64-62-60-58-56-54-52-50-48-46-31-29-27-25-23-21-19-17-15-13-11-9-7-2/h8,10,14,16,20,22,26,28,32-33,60,62,68,70,75-76,80H,6-7,9,11-13,15,17-19,21,23-25,27,29-31,34-59,61,63-67,69,71-74H2,1-5H3,(H-,78,81,82,83)/p+1/b10-8-,16-14-,22-20-,28-26-,33-32-,62-60+,70-68+. The molecule has 1 amide bonds. The highest BCUT2D eigenvalue weighted by molar-refractivity contribution is 7.47. The fourth-order valence-electron chi connectivity index (χ4n) is 10.9. The molecule has 0 spiro atoms. The van der Waals surface area contributed by atoms with Crippen LogP contribution in [-0.2, 0) is 18.4 Å². The van der Waals surface area contributed by atoms with E-state index in [1.54, 1.807) is 6.08 Å². The summed E-state index contributed by atoms with van der Waals surface area (Å²) in [6.45, 7) is 4.72. The number of hydrogen-bond donors (Lipinski definition) is 3. The first-order valence-electron chi connectivity index (χ1n) is 37.0. The number of carbonyl (C=O) groups is 1. The van der Waals surface area contributed by atoms with E-state index in [2.05, 4.69) is 92.1 Å². The van der Waals surface area contributed by atoms with Gasteiger partial charge in [-0.1, -0.05) is 349 Å². The van der Waals surface area contributed by atoms with Crippen molar-refractivity contribution in [2.24, 2.45) is 0 Å². The quantitative estimate of drug-likeness (QED) is 0.0243. The third-order valence-electron chi connectivity index (χ3n) is 16.6. The Kier molecular flexibility index (Phi) is 65.3. The van der Waals surface area contributed by atoms with E-state index in [4.69, 9.17) is 9.05 Å². The summed E-state index contributed by atoms with van der Waals surface area (Å²) in [5.74, 6) is -0.181. The van der Waals surface area contributed by atoms with E-state index in [0.29, 0.717) is 17.4 Å². The molecule has 502 valence electrons. The van der Waals surface area contributed by atoms with Gasteiger partial charge in [0, 0.05) is 6.42 Å². The van der Waals surface area contributed by atoms with Crippen molar-refractivity contribution in [2.45, 2.75) is 360 Å². The van der Waals surface area contributed by atoms with Gasteiger partial charge in [-0.2, -0.15) is 0 Å². The molecule has 0 saturated carbocycles. The Morgan fingerprint density at radius 2 is 0.709 bits per heavy atom. The molecular weight excluding hydrogens is 1080 g/mol. The minimum absolute atomic E-state index is 0.0560. The average molecular weight is 1220 g/mol. The van der Waals surface area contributed by atoms with Crippen LogP contribution in [0.3, 0.4) is 0 Å². The topological polar surface area (TPSA) is 105 Å². The Hall–Kier alpha value is -2.32. The predicted octanol–water partition coefficient (Wildman–Crippen LogP) is 23.9. The van der Waals surface area contributed by atoms with Crippen molar-refractivity contribution < 1.29 is 32.9 Å². The van der Waals surface area contributed by atoms with Crippen molar-refractivity contribution in [3.8, 4) is 0 Å². The second kappa shape index (κ2) is 67.1. The molecule has 0 aromatic carbocycles. The molecule has 0 aliphatic carbocycles. The molecule has 9 heteroatoms. The maximum absolute atomic E-state index is 13.1. The molecule has 0 aliphatic rings. The number of allylic oxidation sites excluding steroid dienone is 13. The Balaban J connectivity index is 4.00. The summed E-state index contributed by atoms with van der Waals surface area (Å²) in [6, 6.07) is -0.866. The Labute approximate surface area is 535 Å². The number of amides is 1. The van der Waals surface area contributed by atoms with Gasteiger partial charge >= 0.3 is 7.82 Å². The van der Waals surface area contributed by atoms with Crippen LogP contribution in [0.4, 0.5) is 0 Å². The van der Waals surface area contributed by atoms with Gasteiger partial charge in [-0.05, 0) is 77.0 Å². The summed E-state index contributed by atoms with van der Waals surface area (Å²) >= 11 is 0. The van der Waals surface area contributed by atoms with E-state index in [1.807, 2.05) is 27.2 Å². The smallest absolute Gasteiger partial charge is 0.387 e. The van der Waals surface area contributed by atoms with Gasteiger partial charge in [-0.15, -0.1) is 0 Å². The Morgan fingerprint density at radius 3 is 1.07 bits per heavy atom. The summed E-state index contributed by atoms with van der Waals surface area (Å²) in [4.78, 5) is 23.4. The van der Waals surface area contributed by atoms with Crippen LogP contribution >= 0.6 is 7.82 Å². The maximum atomic E-state index is 13.1. The number of phosphoric acid groups is 1. The summed E-state index contributed by atoms with van der Waals surface area (Å²) in [7, 11) is 1.57. The van der Waals surface area contributed by atoms with Gasteiger partial charge in [0.15, 0.2) is 0 Å². The molecule has 0 bridgehead atoms. The van der Waals surface area contributed by atoms with Crippen molar-refractivity contribution in [3.63, 3.8) is 0 Å². The van der Waals surface area contributed by atoms with E-state index in [1.165, 1.54) is 257 Å². The molecule has 0 saturated heterocycles. The predicted molar refractivity (Wildman–Crippen MR) is 378 cm³/mol. The maximum Gasteiger partial charge on any atom is 0.472 e. The molecule has 3 unspecified atom stereocenters. The first kappa shape index (κ1) is 83.7. The monoisotopic (exact) mass is 1220 g/mol. The number of hydrogen-bond acceptors (Lipinski definition) is 5. The molecule has 0 aromatic heterocycles. The normalized spacial score (nSPS) is 14.1. The number of phosphoric ester groups is 1. The molecule has 86 heavy (non-hydrogen) atoms. The zero-order valence-electron chi connectivity index (χ0n) is 57.6. The highest BCUT2D eigenvalue weighted by atomic mass is 31.2. The second-order valence-corrected chi connectivity index (χ2v) is 27.7. The average Bonchev–Trinajstić information content (AvgIpc) is 3.70. The number of aliphatic hydroxyl groups is 1. The number of likely N-dealkylation sites (N-methyl/N-ethyl adjacent to an activating group) is 1. The lowest BCUT2D eigenvalue weighted by atomic mass is 10.0. The summed E-state index contributed by atoms with van der Waals surface area (Å²) in [6.07, 6.45) is 96.1. The van der Waals surface area contributed by atoms with Crippen LogP contribution in [0.25, 0.3) is 0 Å². The largest absolute Gasteiger partial charge is 0.472 e. The fraction of sp³-hybridized carbons (Fsp3) is 0.805. The van der Waals surface area contributed by atoms with E-state index in [9.17, 15) is 19.4 Å². The Morgan fingerprint density at radius 1 is 0.407 bits per heavy atom. The summed E-state index contributed by atoms with van der Waals surface area (Å²) < 4.78 is 23.8. The molecule has 8 nitrogen and oxygen atoms in total. The lowest BCUT2D eigenvalue weighted by Crippen LogP contribution is -2.45. The molecule has 0 radical (unpaired) electrons. The van der Waals surface area contributed by atoms with Crippen LogP contribution in [0.15, 0.2) is 85.1 Å². The third kappa shape index (κ3) is 69.2. The van der Waals surface area contributed by atoms with Crippen LogP contribution < -0.4 is 5.32 Å². The van der Waals surface area contributed by atoms with Gasteiger partial charge in [0.25, 0.3) is 0 Å². The number of nitrogens with zero attached hydrogens (tertiary/aromatic N) is 1. The molecule has 0 rings (SSSR count). The number of nitrogens with one attached hydrogen (secondary N) is 1. The summed E-state index contributed by atoms with van der Waals surface area (Å²) in [5.41, 5.74) is 0. The van der Waals surface area contributed by atoms with Crippen molar-refractivity contribution in [1.82, 2.24) is 5.32 Å². The number of carbonyl (C=O) groups excluding carboxylic acids is 1. The Bertz CT molecular complexity index is 1680. The van der Waals surface area contributed by atoms with Gasteiger partial charge in [0.2, 0.25) is 5.91 Å². The minimum Gasteiger partial charge on any atom is -0.387 e. The molecule has 0 heterocycles. The zero-order valence-corrected chi connectivity index (χ0v) is 58.4. The lowest BCUT2D eigenvalue weighted by Gasteiger charge is -2.25. The van der Waals surface area contributed by atoms with Crippen LogP contribution in [0.5, 0.6) is 0 Å². The number of aliphatic hydroxyl groups excluding tert-OH is 1. The summed E-state index contributed by atoms with van der Waals surface area (Å²) in [5, 5.41) is 14.0. The molecule has 3 atom stereocenters. The van der Waals surface area contributed by atoms with Crippen molar-refractivity contribution >= 4 is 13.7 Å². The molecular formula is C77H144N2O6P+. The van der Waals surface area contributed by atoms with E-state index < -0.39 is 20.0 Å². The fourth-order valence-corrected chi connectivity index (χ4v) is 11.6. The van der Waals surface area contributed by atoms with E-state index >= 15 is 0 Å². The zero-order chi connectivity index (χ0) is 62.6. The lowest BCUT2D eigenvalue weighted by molar-refractivity contribution is -0.870. The van der Waals surface area contributed by atoms with Gasteiger partial charge in [-0.3, -0.25) is 13.8 Å². The van der Waals surface area contributed by atoms with E-state index in [-0.39, 0.29) is 19.1 Å². The van der Waals surface area contributed by atoms with Crippen molar-refractivity contribution in [1.29, 1.82) is 0 Å². The first-order chi connectivity index (χ1) is 42.0. The van der Waals surface area contributed by atoms with Gasteiger partial charge < -0.3 is 19.8 Å². The number of unbranched alkanes of at least 4 members (excludes halogenated alkanes) is 43. The van der Waals surface area contributed by atoms with Crippen LogP contribution in [0, 0.1) is 0 Å². The number of quaternary nitrogens is 1. The number of rotatable bonds is 68. The molecule has 0 fully saturated rings. The van der Waals surface area contributed by atoms with Gasteiger partial charge in [0.1, 0.15) is 13.2 Å². The van der Waals surface area contributed by atoms with Crippen molar-refractivity contribution in [3.05, 3.63) is 85.1 Å². The third-order valence-corrected chi connectivity index (χ3v) is 17.6. The van der Waals surface area contributed by atoms with Crippen LogP contribution in [0.2, 0.25) is 0 Å². The van der Waals surface area contributed by atoms with Crippen LogP contribution in [0.1, 0.15) is 348 Å². The molecule has 0 aliphatic heterocycles. The van der Waals surface area contributed by atoms with Gasteiger partial charge in [-0.25, -0.2) is 4.57 Å². The first-order valence-corrected chi connectivity index (χ1v) is 38.5. The van der Waals surface area contributed by atoms with Crippen molar-refractivity contribution in [2.75, 3.05) is 40.9 Å².